The molecule has 2 aromatic heterocycles. The van der Waals surface area contributed by atoms with Crippen LogP contribution in [0.2, 0.25) is 0 Å². The molecule has 0 unspecified atom stereocenters. The van der Waals surface area contributed by atoms with Gasteiger partial charge in [-0.25, -0.2) is 0 Å². The molecule has 0 aliphatic heterocycles. The summed E-state index contributed by atoms with van der Waals surface area (Å²) in [5, 5.41) is 14.7. The number of carbonyl (C=O) groups is 1. The van der Waals surface area contributed by atoms with Crippen LogP contribution in [0, 0.1) is 6.92 Å². The third-order valence-electron chi connectivity index (χ3n) is 5.39. The molecule has 0 bridgehead atoms. The number of aromatic nitrogens is 4. The van der Waals surface area contributed by atoms with Gasteiger partial charge in [-0.3, -0.25) is 19.4 Å². The molecule has 1 N–H and O–H groups in total. The summed E-state index contributed by atoms with van der Waals surface area (Å²) in [7, 11) is 0. The fourth-order valence-electron chi connectivity index (χ4n) is 3.68. The number of nitrogens with zero attached hydrogens (tertiary/aromatic N) is 4. The van der Waals surface area contributed by atoms with E-state index >= 15 is 0 Å². The topological polar surface area (TPSA) is 90.1 Å². The monoisotopic (exact) mass is 442 g/mol. The Kier molecular flexibility index (Phi) is 6.78. The normalized spacial score (nSPS) is 12.3. The van der Waals surface area contributed by atoms with Crippen LogP contribution in [0.5, 0.6) is 5.75 Å². The molecule has 0 radical (unpaired) electrons. The van der Waals surface area contributed by atoms with E-state index in [1.807, 2.05) is 73.3 Å². The standard InChI is InChI=1S/C26H26N4O3/c1-3-4-21(12-26(31)32)20-7-9-24(10-8-20)33-17-19-5-6-22-14-29-30(25(22)11-19)16-23-15-27-18(2)13-28-23/h3-11,13-15,21H,12,16-17H2,1-2H3,(H,31,32)/t21-/m1/s1. The zero-order valence-corrected chi connectivity index (χ0v) is 18.7. The summed E-state index contributed by atoms with van der Waals surface area (Å²) in [5.41, 5.74) is 4.73. The van der Waals surface area contributed by atoms with Crippen LogP contribution in [0.1, 0.15) is 41.8 Å². The second kappa shape index (κ2) is 10.1. The van der Waals surface area contributed by atoms with Crippen LogP contribution in [-0.4, -0.2) is 30.8 Å². The molecule has 7 heteroatoms. The highest BCUT2D eigenvalue weighted by molar-refractivity contribution is 5.79. The number of carboxylic acid groups (broad SMARTS) is 1. The lowest BCUT2D eigenvalue weighted by atomic mass is 9.95. The summed E-state index contributed by atoms with van der Waals surface area (Å²) in [6.45, 7) is 4.77. The number of hydrogen-bond donors (Lipinski definition) is 1. The van der Waals surface area contributed by atoms with E-state index in [0.29, 0.717) is 13.2 Å². The van der Waals surface area contributed by atoms with Crippen molar-refractivity contribution in [3.63, 3.8) is 0 Å². The average molecular weight is 443 g/mol. The van der Waals surface area contributed by atoms with Crippen molar-refractivity contribution in [1.29, 1.82) is 0 Å². The van der Waals surface area contributed by atoms with Crippen molar-refractivity contribution in [3.05, 3.63) is 95.7 Å². The summed E-state index contributed by atoms with van der Waals surface area (Å²) in [6.07, 6.45) is 9.23. The van der Waals surface area contributed by atoms with Gasteiger partial charge in [0.1, 0.15) is 12.4 Å². The van der Waals surface area contributed by atoms with Crippen LogP contribution >= 0.6 is 0 Å². The third-order valence-corrected chi connectivity index (χ3v) is 5.39. The summed E-state index contributed by atoms with van der Waals surface area (Å²) >= 11 is 0. The molecule has 7 nitrogen and oxygen atoms in total. The van der Waals surface area contributed by atoms with E-state index in [4.69, 9.17) is 9.84 Å². The van der Waals surface area contributed by atoms with Gasteiger partial charge in [0.05, 0.1) is 42.3 Å². The zero-order valence-electron chi connectivity index (χ0n) is 18.7. The van der Waals surface area contributed by atoms with E-state index < -0.39 is 5.97 Å². The minimum absolute atomic E-state index is 0.0619. The van der Waals surface area contributed by atoms with Crippen molar-refractivity contribution >= 4 is 16.9 Å². The van der Waals surface area contributed by atoms with Crippen LogP contribution in [0.25, 0.3) is 10.9 Å². The van der Waals surface area contributed by atoms with Crippen molar-refractivity contribution in [2.45, 2.75) is 39.3 Å². The summed E-state index contributed by atoms with van der Waals surface area (Å²) in [6, 6.07) is 13.7. The van der Waals surface area contributed by atoms with Crippen LogP contribution in [0.4, 0.5) is 0 Å². The Morgan fingerprint density at radius 3 is 2.64 bits per heavy atom. The highest BCUT2D eigenvalue weighted by Crippen LogP contribution is 2.25. The Morgan fingerprint density at radius 1 is 1.12 bits per heavy atom. The first-order valence-corrected chi connectivity index (χ1v) is 10.8. The molecule has 0 fully saturated rings. The first kappa shape index (κ1) is 22.2. The molecular formula is C26H26N4O3. The quantitative estimate of drug-likeness (QED) is 0.371. The Balaban J connectivity index is 1.44. The first-order chi connectivity index (χ1) is 16.0. The zero-order chi connectivity index (χ0) is 23.2. The summed E-state index contributed by atoms with van der Waals surface area (Å²) in [4.78, 5) is 19.9. The van der Waals surface area contributed by atoms with Gasteiger partial charge in [0.15, 0.2) is 0 Å². The highest BCUT2D eigenvalue weighted by Gasteiger charge is 2.12. The van der Waals surface area contributed by atoms with Gasteiger partial charge in [-0.1, -0.05) is 36.4 Å². The fraction of sp³-hybridized carbons (Fsp3) is 0.231. The number of aliphatic carboxylic acids is 1. The van der Waals surface area contributed by atoms with Crippen molar-refractivity contribution < 1.29 is 14.6 Å². The van der Waals surface area contributed by atoms with Gasteiger partial charge in [0.2, 0.25) is 0 Å². The van der Waals surface area contributed by atoms with Gasteiger partial charge in [0, 0.05) is 17.5 Å². The van der Waals surface area contributed by atoms with Gasteiger partial charge in [-0.2, -0.15) is 5.10 Å². The number of allylic oxidation sites excluding steroid dienone is 2. The lowest BCUT2D eigenvalue weighted by Gasteiger charge is -2.12. The maximum absolute atomic E-state index is 11.1. The molecule has 2 aromatic carbocycles. The number of fused-ring (bicyclic) bond motifs is 1. The van der Waals surface area contributed by atoms with Crippen LogP contribution in [0.3, 0.4) is 0 Å². The van der Waals surface area contributed by atoms with Crippen LogP contribution in [0.15, 0.2) is 73.2 Å². The molecule has 0 saturated heterocycles. The van der Waals surface area contributed by atoms with Crippen molar-refractivity contribution in [2.75, 3.05) is 0 Å². The molecule has 0 amide bonds. The van der Waals surface area contributed by atoms with Gasteiger partial charge < -0.3 is 9.84 Å². The fourth-order valence-corrected chi connectivity index (χ4v) is 3.68. The predicted molar refractivity (Wildman–Crippen MR) is 126 cm³/mol. The molecule has 0 spiro atoms. The van der Waals surface area contributed by atoms with Crippen molar-refractivity contribution in [2.24, 2.45) is 0 Å². The van der Waals surface area contributed by atoms with Gasteiger partial charge >= 0.3 is 5.97 Å². The van der Waals surface area contributed by atoms with Crippen LogP contribution < -0.4 is 4.74 Å². The summed E-state index contributed by atoms with van der Waals surface area (Å²) < 4.78 is 7.89. The van der Waals surface area contributed by atoms with Gasteiger partial charge in [-0.15, -0.1) is 0 Å². The van der Waals surface area contributed by atoms with Crippen molar-refractivity contribution in [1.82, 2.24) is 19.7 Å². The second-order valence-corrected chi connectivity index (χ2v) is 7.93. The van der Waals surface area contributed by atoms with Gasteiger partial charge in [-0.05, 0) is 43.2 Å². The average Bonchev–Trinajstić information content (AvgIpc) is 3.21. The third kappa shape index (κ3) is 5.63. The summed E-state index contributed by atoms with van der Waals surface area (Å²) in [5.74, 6) is -0.234. The lowest BCUT2D eigenvalue weighted by molar-refractivity contribution is -0.137. The SMILES string of the molecule is CC=C[C@H](CC(=O)O)c1ccc(OCc2ccc3cnn(Cc4cnc(C)cn4)c3c2)cc1. The molecule has 168 valence electrons. The van der Waals surface area contributed by atoms with E-state index in [1.165, 1.54) is 0 Å². The number of rotatable bonds is 9. The molecule has 4 rings (SSSR count). The number of aryl methyl sites for hydroxylation is 1. The smallest absolute Gasteiger partial charge is 0.304 e. The Bertz CT molecular complexity index is 1260. The Hall–Kier alpha value is -4.00. The number of ether oxygens (including phenoxy) is 1. The minimum Gasteiger partial charge on any atom is -0.489 e. The van der Waals surface area contributed by atoms with E-state index in [0.717, 1.165) is 39.2 Å². The maximum atomic E-state index is 11.1. The highest BCUT2D eigenvalue weighted by atomic mass is 16.5. The molecule has 1 atom stereocenters. The molecular weight excluding hydrogens is 416 g/mol. The lowest BCUT2D eigenvalue weighted by Crippen LogP contribution is -2.05. The molecule has 33 heavy (non-hydrogen) atoms. The maximum Gasteiger partial charge on any atom is 0.304 e. The van der Waals surface area contributed by atoms with E-state index in [-0.39, 0.29) is 12.3 Å². The van der Waals surface area contributed by atoms with E-state index in [2.05, 4.69) is 21.1 Å². The largest absolute Gasteiger partial charge is 0.489 e. The van der Waals surface area contributed by atoms with Crippen LogP contribution in [-0.2, 0) is 17.9 Å². The molecule has 2 heterocycles. The van der Waals surface area contributed by atoms with E-state index in [9.17, 15) is 4.79 Å². The second-order valence-electron chi connectivity index (χ2n) is 7.93. The molecule has 0 aliphatic rings. The van der Waals surface area contributed by atoms with E-state index in [1.54, 1.807) is 12.4 Å². The Morgan fingerprint density at radius 2 is 1.94 bits per heavy atom. The molecule has 4 aromatic rings. The Labute approximate surface area is 192 Å². The number of hydrogen-bond acceptors (Lipinski definition) is 5. The molecule has 0 saturated carbocycles. The number of benzene rings is 2. The minimum atomic E-state index is -0.817. The number of carboxylic acids is 1. The van der Waals surface area contributed by atoms with Gasteiger partial charge in [0.25, 0.3) is 0 Å². The predicted octanol–water partition coefficient (Wildman–Crippen LogP) is 4.90. The first-order valence-electron chi connectivity index (χ1n) is 10.8. The molecule has 0 aliphatic carbocycles. The van der Waals surface area contributed by atoms with Crippen molar-refractivity contribution in [3.8, 4) is 5.75 Å².